The third-order valence-corrected chi connectivity index (χ3v) is 2.84. The molecular weight excluding hydrogens is 280 g/mol. The van der Waals surface area contributed by atoms with Crippen molar-refractivity contribution >= 4 is 23.0 Å². The van der Waals surface area contributed by atoms with E-state index in [-0.39, 0.29) is 5.69 Å². The molecule has 6 heteroatoms. The quantitative estimate of drug-likeness (QED) is 0.500. The molecule has 5 nitrogen and oxygen atoms in total. The van der Waals surface area contributed by atoms with Gasteiger partial charge >= 0.3 is 0 Å². The number of nitrogens with zero attached hydrogens (tertiary/aromatic N) is 1. The summed E-state index contributed by atoms with van der Waals surface area (Å²) in [6.45, 7) is 1.08. The number of anilines is 1. The average Bonchev–Trinajstić information content (AvgIpc) is 2.46. The minimum absolute atomic E-state index is 0.0524. The average molecular weight is 293 g/mol. The highest BCUT2D eigenvalue weighted by molar-refractivity contribution is 6.30. The van der Waals surface area contributed by atoms with Gasteiger partial charge in [-0.3, -0.25) is 10.1 Å². The first kappa shape index (κ1) is 14.1. The molecule has 0 aliphatic carbocycles. The van der Waals surface area contributed by atoms with Gasteiger partial charge in [-0.25, -0.2) is 0 Å². The number of nitrogens with one attached hydrogen (secondary N) is 1. The van der Waals surface area contributed by atoms with Crippen molar-refractivity contribution in [2.24, 2.45) is 0 Å². The van der Waals surface area contributed by atoms with Gasteiger partial charge in [0, 0.05) is 29.4 Å². The van der Waals surface area contributed by atoms with Crippen LogP contribution in [0.5, 0.6) is 5.75 Å². The molecule has 0 amide bonds. The summed E-state index contributed by atoms with van der Waals surface area (Å²) in [6.07, 6.45) is 0. The Labute approximate surface area is 121 Å². The highest BCUT2D eigenvalue weighted by Gasteiger charge is 2.03. The number of rotatable bonds is 6. The molecule has 0 spiro atoms. The van der Waals surface area contributed by atoms with Gasteiger partial charge in [-0.1, -0.05) is 11.6 Å². The topological polar surface area (TPSA) is 64.4 Å². The van der Waals surface area contributed by atoms with Gasteiger partial charge in [0.15, 0.2) is 0 Å². The van der Waals surface area contributed by atoms with Crippen LogP contribution in [0.4, 0.5) is 11.4 Å². The summed E-state index contributed by atoms with van der Waals surface area (Å²) >= 11 is 5.79. The molecule has 20 heavy (non-hydrogen) atoms. The largest absolute Gasteiger partial charge is 0.492 e. The highest BCUT2D eigenvalue weighted by Crippen LogP contribution is 2.17. The van der Waals surface area contributed by atoms with E-state index in [4.69, 9.17) is 16.3 Å². The summed E-state index contributed by atoms with van der Waals surface area (Å²) in [5.74, 6) is 0.605. The Kier molecular flexibility index (Phi) is 4.79. The van der Waals surface area contributed by atoms with Crippen LogP contribution in [0.2, 0.25) is 5.02 Å². The van der Waals surface area contributed by atoms with E-state index in [9.17, 15) is 10.1 Å². The minimum atomic E-state index is -0.439. The predicted octanol–water partition coefficient (Wildman–Crippen LogP) is 3.74. The maximum Gasteiger partial charge on any atom is 0.269 e. The molecule has 1 N–H and O–H groups in total. The standard InChI is InChI=1S/C14H13ClN2O3/c15-11-1-3-12(4-2-11)16-9-10-20-14-7-5-13(6-8-14)17(18)19/h1-8,16H,9-10H2. The third kappa shape index (κ3) is 4.13. The lowest BCUT2D eigenvalue weighted by molar-refractivity contribution is -0.384. The maximum atomic E-state index is 10.5. The number of nitro benzene ring substituents is 1. The van der Waals surface area contributed by atoms with Crippen molar-refractivity contribution in [3.8, 4) is 5.75 Å². The van der Waals surface area contributed by atoms with Crippen molar-refractivity contribution in [1.29, 1.82) is 0 Å². The van der Waals surface area contributed by atoms with Gasteiger partial charge in [-0.2, -0.15) is 0 Å². The monoisotopic (exact) mass is 292 g/mol. The van der Waals surface area contributed by atoms with Crippen molar-refractivity contribution in [2.75, 3.05) is 18.5 Å². The van der Waals surface area contributed by atoms with E-state index < -0.39 is 4.92 Å². The summed E-state index contributed by atoms with van der Waals surface area (Å²) in [7, 11) is 0. The van der Waals surface area contributed by atoms with Crippen LogP contribution in [0, 0.1) is 10.1 Å². The van der Waals surface area contributed by atoms with Crippen molar-refractivity contribution in [3.05, 3.63) is 63.7 Å². The Morgan fingerprint density at radius 3 is 2.35 bits per heavy atom. The number of hydrogen-bond acceptors (Lipinski definition) is 4. The van der Waals surface area contributed by atoms with Crippen molar-refractivity contribution in [3.63, 3.8) is 0 Å². The summed E-state index contributed by atoms with van der Waals surface area (Å²) in [5.41, 5.74) is 1.01. The molecule has 2 rings (SSSR count). The molecule has 0 fully saturated rings. The SMILES string of the molecule is O=[N+]([O-])c1ccc(OCCNc2ccc(Cl)cc2)cc1. The summed E-state index contributed by atoms with van der Waals surface area (Å²) in [5, 5.41) is 14.4. The lowest BCUT2D eigenvalue weighted by Crippen LogP contribution is -2.11. The molecule has 0 unspecified atom stereocenters. The molecule has 0 aliphatic heterocycles. The number of nitro groups is 1. The Bertz CT molecular complexity index is 570. The number of benzene rings is 2. The summed E-state index contributed by atoms with van der Waals surface area (Å²) < 4.78 is 5.48. The van der Waals surface area contributed by atoms with E-state index in [2.05, 4.69) is 5.32 Å². The smallest absolute Gasteiger partial charge is 0.269 e. The molecule has 0 saturated carbocycles. The zero-order valence-corrected chi connectivity index (χ0v) is 11.3. The van der Waals surface area contributed by atoms with Crippen LogP contribution in [-0.2, 0) is 0 Å². The van der Waals surface area contributed by atoms with Crippen LogP contribution in [-0.4, -0.2) is 18.1 Å². The molecule has 0 heterocycles. The van der Waals surface area contributed by atoms with E-state index in [1.54, 1.807) is 24.3 Å². The van der Waals surface area contributed by atoms with E-state index in [1.165, 1.54) is 12.1 Å². The summed E-state index contributed by atoms with van der Waals surface area (Å²) in [4.78, 5) is 10.1. The van der Waals surface area contributed by atoms with Gasteiger partial charge in [-0.15, -0.1) is 0 Å². The first-order valence-electron chi connectivity index (χ1n) is 6.02. The van der Waals surface area contributed by atoms with Crippen LogP contribution in [0.3, 0.4) is 0 Å². The summed E-state index contributed by atoms with van der Waals surface area (Å²) in [6, 6.07) is 13.4. The lowest BCUT2D eigenvalue weighted by atomic mass is 10.3. The van der Waals surface area contributed by atoms with Crippen molar-refractivity contribution in [1.82, 2.24) is 0 Å². The fourth-order valence-corrected chi connectivity index (χ4v) is 1.72. The molecule has 0 aliphatic rings. The van der Waals surface area contributed by atoms with E-state index >= 15 is 0 Å². The Morgan fingerprint density at radius 1 is 1.10 bits per heavy atom. The van der Waals surface area contributed by atoms with E-state index in [0.29, 0.717) is 23.9 Å². The second-order valence-corrected chi connectivity index (χ2v) is 4.47. The Balaban J connectivity index is 1.75. The fourth-order valence-electron chi connectivity index (χ4n) is 1.60. The maximum absolute atomic E-state index is 10.5. The minimum Gasteiger partial charge on any atom is -0.492 e. The van der Waals surface area contributed by atoms with Crippen LogP contribution in [0.15, 0.2) is 48.5 Å². The van der Waals surface area contributed by atoms with Gasteiger partial charge in [0.25, 0.3) is 5.69 Å². The van der Waals surface area contributed by atoms with Gasteiger partial charge in [0.1, 0.15) is 12.4 Å². The number of hydrogen-bond donors (Lipinski definition) is 1. The van der Waals surface area contributed by atoms with Gasteiger partial charge < -0.3 is 10.1 Å². The van der Waals surface area contributed by atoms with Crippen molar-refractivity contribution in [2.45, 2.75) is 0 Å². The van der Waals surface area contributed by atoms with Crippen LogP contribution >= 0.6 is 11.6 Å². The first-order valence-corrected chi connectivity index (χ1v) is 6.39. The molecule has 0 radical (unpaired) electrons. The van der Waals surface area contributed by atoms with Crippen LogP contribution < -0.4 is 10.1 Å². The van der Waals surface area contributed by atoms with Crippen LogP contribution in [0.1, 0.15) is 0 Å². The molecule has 0 saturated heterocycles. The molecule has 2 aromatic carbocycles. The zero-order valence-electron chi connectivity index (χ0n) is 10.6. The van der Waals surface area contributed by atoms with Crippen molar-refractivity contribution < 1.29 is 9.66 Å². The zero-order chi connectivity index (χ0) is 14.4. The molecule has 2 aromatic rings. The van der Waals surface area contributed by atoms with Crippen LogP contribution in [0.25, 0.3) is 0 Å². The number of non-ortho nitro benzene ring substituents is 1. The second-order valence-electron chi connectivity index (χ2n) is 4.03. The number of ether oxygens (including phenoxy) is 1. The van der Waals surface area contributed by atoms with E-state index in [1.807, 2.05) is 12.1 Å². The normalized spacial score (nSPS) is 10.1. The Morgan fingerprint density at radius 2 is 1.75 bits per heavy atom. The predicted molar refractivity (Wildman–Crippen MR) is 78.5 cm³/mol. The van der Waals surface area contributed by atoms with E-state index in [0.717, 1.165) is 5.69 Å². The molecule has 0 aromatic heterocycles. The fraction of sp³-hybridized carbons (Fsp3) is 0.143. The molecular formula is C14H13ClN2O3. The van der Waals surface area contributed by atoms with Gasteiger partial charge in [0.05, 0.1) is 4.92 Å². The lowest BCUT2D eigenvalue weighted by Gasteiger charge is -2.08. The van der Waals surface area contributed by atoms with Gasteiger partial charge in [-0.05, 0) is 36.4 Å². The molecule has 0 atom stereocenters. The second kappa shape index (κ2) is 6.77. The molecule has 104 valence electrons. The Hall–Kier alpha value is -2.27. The molecule has 0 bridgehead atoms. The van der Waals surface area contributed by atoms with Gasteiger partial charge in [0.2, 0.25) is 0 Å². The number of halogens is 1. The highest BCUT2D eigenvalue weighted by atomic mass is 35.5. The third-order valence-electron chi connectivity index (χ3n) is 2.59. The first-order chi connectivity index (χ1) is 9.65.